The molecule has 140 valence electrons. The van der Waals surface area contributed by atoms with E-state index >= 15 is 0 Å². The van der Waals surface area contributed by atoms with Gasteiger partial charge in [-0.3, -0.25) is 0 Å². The highest BCUT2D eigenvalue weighted by Gasteiger charge is 2.42. The molecule has 0 spiro atoms. The quantitative estimate of drug-likeness (QED) is 0.805. The van der Waals surface area contributed by atoms with Crippen LogP contribution in [0.3, 0.4) is 0 Å². The predicted molar refractivity (Wildman–Crippen MR) is 87.5 cm³/mol. The molecule has 0 radical (unpaired) electrons. The van der Waals surface area contributed by atoms with Crippen molar-refractivity contribution in [3.8, 4) is 11.9 Å². The van der Waals surface area contributed by atoms with Crippen molar-refractivity contribution in [2.75, 3.05) is 6.26 Å². The molecule has 0 saturated heterocycles. The predicted octanol–water partition coefficient (Wildman–Crippen LogP) is 3.25. The van der Waals surface area contributed by atoms with Gasteiger partial charge in [0.2, 0.25) is 0 Å². The molecular formula is C16H17F3N4O2S. The smallest absolute Gasteiger partial charge is 0.236 e. The summed E-state index contributed by atoms with van der Waals surface area (Å²) in [5.74, 6) is 0.000856. The van der Waals surface area contributed by atoms with Gasteiger partial charge in [-0.1, -0.05) is 20.8 Å². The lowest BCUT2D eigenvalue weighted by Crippen LogP contribution is -2.22. The van der Waals surface area contributed by atoms with Crippen molar-refractivity contribution < 1.29 is 21.6 Å². The van der Waals surface area contributed by atoms with Gasteiger partial charge in [0.25, 0.3) is 0 Å². The molecule has 0 aromatic carbocycles. The van der Waals surface area contributed by atoms with Crippen LogP contribution in [0.1, 0.15) is 44.1 Å². The Kier molecular flexibility index (Phi) is 4.89. The molecule has 0 aliphatic carbocycles. The number of hydrogen-bond donors (Lipinski definition) is 0. The van der Waals surface area contributed by atoms with Gasteiger partial charge in [0.05, 0.1) is 10.6 Å². The molecule has 0 aliphatic heterocycles. The average molecular weight is 386 g/mol. The van der Waals surface area contributed by atoms with Gasteiger partial charge < -0.3 is 0 Å². The van der Waals surface area contributed by atoms with Gasteiger partial charge >= 0.3 is 6.18 Å². The summed E-state index contributed by atoms with van der Waals surface area (Å²) in [5, 5.41) is 12.9. The van der Waals surface area contributed by atoms with Crippen LogP contribution in [0.2, 0.25) is 0 Å². The maximum atomic E-state index is 13.3. The van der Waals surface area contributed by atoms with Gasteiger partial charge in [0.15, 0.2) is 21.3 Å². The van der Waals surface area contributed by atoms with Crippen LogP contribution in [0.4, 0.5) is 13.2 Å². The minimum absolute atomic E-state index is 0.000856. The molecule has 6 nitrogen and oxygen atoms in total. The topological polar surface area (TPSA) is 88.6 Å². The van der Waals surface area contributed by atoms with Crippen molar-refractivity contribution in [3.63, 3.8) is 0 Å². The van der Waals surface area contributed by atoms with Crippen LogP contribution < -0.4 is 0 Å². The van der Waals surface area contributed by atoms with E-state index in [4.69, 9.17) is 0 Å². The lowest BCUT2D eigenvalue weighted by molar-refractivity contribution is -0.141. The van der Waals surface area contributed by atoms with E-state index in [-0.39, 0.29) is 16.4 Å². The number of nitrogens with zero attached hydrogens (tertiary/aromatic N) is 4. The van der Waals surface area contributed by atoms with E-state index in [9.17, 15) is 26.9 Å². The Morgan fingerprint density at radius 3 is 2.27 bits per heavy atom. The fourth-order valence-electron chi connectivity index (χ4n) is 2.40. The molecule has 2 aromatic rings. The third-order valence-corrected chi connectivity index (χ3v) is 5.25. The van der Waals surface area contributed by atoms with E-state index in [0.29, 0.717) is 6.42 Å². The minimum atomic E-state index is -4.80. The Labute approximate surface area is 149 Å². The third-order valence-electron chi connectivity index (χ3n) is 4.16. The van der Waals surface area contributed by atoms with E-state index in [1.165, 1.54) is 12.1 Å². The van der Waals surface area contributed by atoms with Crippen LogP contribution in [0, 0.1) is 11.3 Å². The van der Waals surface area contributed by atoms with E-state index < -0.39 is 32.7 Å². The summed E-state index contributed by atoms with van der Waals surface area (Å²) in [6, 6.07) is 4.11. The largest absolute Gasteiger partial charge is 0.436 e. The van der Waals surface area contributed by atoms with Gasteiger partial charge in [-0.05, 0) is 18.6 Å². The Balaban J connectivity index is 2.80. The zero-order valence-electron chi connectivity index (χ0n) is 14.6. The van der Waals surface area contributed by atoms with Gasteiger partial charge in [-0.15, -0.1) is 0 Å². The molecule has 0 bridgehead atoms. The first kappa shape index (κ1) is 19.9. The molecule has 0 fully saturated rings. The monoisotopic (exact) mass is 386 g/mol. The van der Waals surface area contributed by atoms with Gasteiger partial charge in [0, 0.05) is 17.9 Å². The fraction of sp³-hybridized carbons (Fsp3) is 0.438. The third kappa shape index (κ3) is 3.58. The summed E-state index contributed by atoms with van der Waals surface area (Å²) in [6.45, 7) is 5.19. The van der Waals surface area contributed by atoms with Crippen molar-refractivity contribution in [2.24, 2.45) is 0 Å². The van der Waals surface area contributed by atoms with Crippen molar-refractivity contribution >= 4 is 9.84 Å². The molecule has 0 amide bonds. The number of aromatic nitrogens is 3. The lowest BCUT2D eigenvalue weighted by Gasteiger charge is -2.24. The Morgan fingerprint density at radius 2 is 1.88 bits per heavy atom. The molecule has 0 saturated carbocycles. The van der Waals surface area contributed by atoms with Crippen LogP contribution in [0.25, 0.3) is 5.82 Å². The average Bonchev–Trinajstić information content (AvgIpc) is 2.94. The Morgan fingerprint density at radius 1 is 1.27 bits per heavy atom. The van der Waals surface area contributed by atoms with E-state index in [1.807, 2.05) is 0 Å². The summed E-state index contributed by atoms with van der Waals surface area (Å²) in [6.07, 6.45) is -2.30. The van der Waals surface area contributed by atoms with E-state index in [1.54, 1.807) is 26.8 Å². The van der Waals surface area contributed by atoms with Crippen LogP contribution in [0.15, 0.2) is 23.2 Å². The number of pyridine rings is 1. The maximum absolute atomic E-state index is 13.3. The number of alkyl halides is 3. The molecule has 0 aliphatic rings. The number of hydrogen-bond acceptors (Lipinski definition) is 5. The second-order valence-electron chi connectivity index (χ2n) is 6.46. The standard InChI is InChI=1S/C16H17F3N4O2S/c1-5-15(2,3)14-11(8-20)13(16(17,18)19)22-23(14)12-7-6-10(9-21-12)26(4,24)25/h6-7,9H,5H2,1-4H3. The number of sulfone groups is 1. The molecule has 0 N–H and O–H groups in total. The number of halogens is 3. The molecule has 0 unspecified atom stereocenters. The van der Waals surface area contributed by atoms with Gasteiger partial charge in [-0.25, -0.2) is 18.1 Å². The molecule has 2 rings (SSSR count). The number of nitriles is 1. The summed E-state index contributed by atoms with van der Waals surface area (Å²) in [5.41, 5.74) is -2.56. The highest BCUT2D eigenvalue weighted by molar-refractivity contribution is 7.90. The molecule has 26 heavy (non-hydrogen) atoms. The van der Waals surface area contributed by atoms with Crippen molar-refractivity contribution in [1.82, 2.24) is 14.8 Å². The molecule has 0 atom stereocenters. The summed E-state index contributed by atoms with van der Waals surface area (Å²) < 4.78 is 64.0. The van der Waals surface area contributed by atoms with E-state index in [0.717, 1.165) is 17.1 Å². The first-order valence-corrected chi connectivity index (χ1v) is 9.49. The van der Waals surface area contributed by atoms with Crippen molar-refractivity contribution in [1.29, 1.82) is 5.26 Å². The zero-order valence-corrected chi connectivity index (χ0v) is 15.4. The van der Waals surface area contributed by atoms with Crippen LogP contribution in [-0.2, 0) is 21.4 Å². The summed E-state index contributed by atoms with van der Waals surface area (Å²) in [7, 11) is -3.50. The lowest BCUT2D eigenvalue weighted by atomic mass is 9.83. The highest BCUT2D eigenvalue weighted by Crippen LogP contribution is 2.38. The second kappa shape index (κ2) is 6.39. The molecule has 10 heteroatoms. The van der Waals surface area contributed by atoms with Crippen molar-refractivity contribution in [2.45, 2.75) is 43.7 Å². The van der Waals surface area contributed by atoms with Crippen LogP contribution in [0.5, 0.6) is 0 Å². The Bertz CT molecular complexity index is 969. The second-order valence-corrected chi connectivity index (χ2v) is 8.47. The maximum Gasteiger partial charge on any atom is 0.436 e. The van der Waals surface area contributed by atoms with Gasteiger partial charge in [0.1, 0.15) is 11.6 Å². The molecule has 2 aromatic heterocycles. The number of rotatable bonds is 4. The van der Waals surface area contributed by atoms with E-state index in [2.05, 4.69) is 10.1 Å². The first-order valence-electron chi connectivity index (χ1n) is 7.60. The normalized spacial score (nSPS) is 12.8. The minimum Gasteiger partial charge on any atom is -0.236 e. The Hall–Kier alpha value is -2.41. The fourth-order valence-corrected chi connectivity index (χ4v) is 2.96. The summed E-state index contributed by atoms with van der Waals surface area (Å²) >= 11 is 0. The molecule has 2 heterocycles. The SMILES string of the molecule is CCC(C)(C)c1c(C#N)c(C(F)(F)F)nn1-c1ccc(S(C)(=O)=O)cn1. The molecular weight excluding hydrogens is 369 g/mol. The van der Waals surface area contributed by atoms with Crippen molar-refractivity contribution in [3.05, 3.63) is 35.3 Å². The summed E-state index contributed by atoms with van der Waals surface area (Å²) in [4.78, 5) is 3.87. The first-order chi connectivity index (χ1) is 11.8. The van der Waals surface area contributed by atoms with Gasteiger partial charge in [-0.2, -0.15) is 23.5 Å². The highest BCUT2D eigenvalue weighted by atomic mass is 32.2. The zero-order chi connectivity index (χ0) is 19.9. The van der Waals surface area contributed by atoms with Crippen LogP contribution in [-0.4, -0.2) is 29.4 Å². The van der Waals surface area contributed by atoms with Crippen LogP contribution >= 0.6 is 0 Å².